The second kappa shape index (κ2) is 6.54. The van der Waals surface area contributed by atoms with Crippen molar-refractivity contribution in [2.24, 2.45) is 0 Å². The van der Waals surface area contributed by atoms with Crippen LogP contribution in [0.5, 0.6) is 0 Å². The molecule has 0 aliphatic carbocycles. The molecule has 6 heteroatoms. The highest BCUT2D eigenvalue weighted by atomic mass is 16.4. The minimum Gasteiger partial charge on any atom is -0.478 e. The summed E-state index contributed by atoms with van der Waals surface area (Å²) in [5, 5.41) is 20.0. The number of amides is 1. The molecule has 6 nitrogen and oxygen atoms in total. The normalized spacial score (nSPS) is 10.7. The molecule has 0 aliphatic heterocycles. The van der Waals surface area contributed by atoms with Crippen LogP contribution in [0, 0.1) is 0 Å². The average molecular weight is 323 g/mol. The highest BCUT2D eigenvalue weighted by molar-refractivity contribution is 5.98. The maximum atomic E-state index is 11.4. The SMILES string of the molecule is CCC(=O)NCc1cccc(-c2n[nH]c3ccc(C(=O)O)cc23)c1. The number of nitrogens with zero attached hydrogens (tertiary/aromatic N) is 1. The van der Waals surface area contributed by atoms with Crippen molar-refractivity contribution in [1.29, 1.82) is 0 Å². The van der Waals surface area contributed by atoms with Gasteiger partial charge < -0.3 is 10.4 Å². The maximum Gasteiger partial charge on any atom is 0.335 e. The Morgan fingerprint density at radius 3 is 2.79 bits per heavy atom. The average Bonchev–Trinajstić information content (AvgIpc) is 3.03. The number of carboxylic acid groups (broad SMARTS) is 1. The largest absolute Gasteiger partial charge is 0.478 e. The molecule has 1 heterocycles. The van der Waals surface area contributed by atoms with Gasteiger partial charge in [-0.1, -0.05) is 25.1 Å². The maximum absolute atomic E-state index is 11.4. The lowest BCUT2D eigenvalue weighted by Gasteiger charge is -2.06. The summed E-state index contributed by atoms with van der Waals surface area (Å²) in [6.45, 7) is 2.25. The molecule has 0 radical (unpaired) electrons. The van der Waals surface area contributed by atoms with Gasteiger partial charge in [-0.2, -0.15) is 5.10 Å². The molecule has 3 N–H and O–H groups in total. The molecule has 1 aromatic heterocycles. The number of benzene rings is 2. The first kappa shape index (κ1) is 15.7. The van der Waals surface area contributed by atoms with Crippen LogP contribution in [0.1, 0.15) is 29.3 Å². The summed E-state index contributed by atoms with van der Waals surface area (Å²) < 4.78 is 0. The van der Waals surface area contributed by atoms with E-state index in [4.69, 9.17) is 5.11 Å². The molecular formula is C18H17N3O3. The molecule has 0 saturated carbocycles. The van der Waals surface area contributed by atoms with E-state index in [2.05, 4.69) is 15.5 Å². The fourth-order valence-corrected chi connectivity index (χ4v) is 2.52. The Morgan fingerprint density at radius 1 is 1.21 bits per heavy atom. The standard InChI is InChI=1S/C18H17N3O3/c1-2-16(22)19-10-11-4-3-5-12(8-11)17-14-9-13(18(23)24)6-7-15(14)20-21-17/h3-9H,2,10H2,1H3,(H,19,22)(H,20,21)(H,23,24). The Balaban J connectivity index is 1.96. The van der Waals surface area contributed by atoms with Crippen LogP contribution in [0.3, 0.4) is 0 Å². The number of carbonyl (C=O) groups excluding carboxylic acids is 1. The van der Waals surface area contributed by atoms with Gasteiger partial charge in [-0.15, -0.1) is 0 Å². The predicted octanol–water partition coefficient (Wildman–Crippen LogP) is 2.95. The van der Waals surface area contributed by atoms with Gasteiger partial charge in [0.05, 0.1) is 16.8 Å². The van der Waals surface area contributed by atoms with Crippen LogP contribution in [0.2, 0.25) is 0 Å². The monoisotopic (exact) mass is 323 g/mol. The van der Waals surface area contributed by atoms with E-state index in [1.54, 1.807) is 18.2 Å². The molecule has 0 saturated heterocycles. The molecule has 1 amide bonds. The first-order chi connectivity index (χ1) is 11.6. The molecular weight excluding hydrogens is 306 g/mol. The zero-order valence-corrected chi connectivity index (χ0v) is 13.2. The van der Waals surface area contributed by atoms with Crippen LogP contribution in [0.25, 0.3) is 22.2 Å². The lowest BCUT2D eigenvalue weighted by Crippen LogP contribution is -2.21. The molecule has 0 unspecified atom stereocenters. The number of carboxylic acids is 1. The van der Waals surface area contributed by atoms with Crippen LogP contribution >= 0.6 is 0 Å². The second-order valence-corrected chi connectivity index (χ2v) is 5.47. The van der Waals surface area contributed by atoms with Crippen LogP contribution in [-0.4, -0.2) is 27.2 Å². The van der Waals surface area contributed by atoms with Crippen LogP contribution < -0.4 is 5.32 Å². The molecule has 24 heavy (non-hydrogen) atoms. The molecule has 2 aromatic carbocycles. The Kier molecular flexibility index (Phi) is 4.29. The first-order valence-corrected chi connectivity index (χ1v) is 7.66. The third kappa shape index (κ3) is 3.12. The quantitative estimate of drug-likeness (QED) is 0.672. The van der Waals surface area contributed by atoms with Gasteiger partial charge in [0.2, 0.25) is 5.91 Å². The molecule has 122 valence electrons. The minimum absolute atomic E-state index is 0.00303. The summed E-state index contributed by atoms with van der Waals surface area (Å²) in [5.41, 5.74) is 3.51. The highest BCUT2D eigenvalue weighted by Gasteiger charge is 2.12. The number of aromatic nitrogens is 2. The summed E-state index contributed by atoms with van der Waals surface area (Å²) in [7, 11) is 0. The number of carbonyl (C=O) groups is 2. The van der Waals surface area contributed by atoms with Gasteiger partial charge in [0, 0.05) is 23.9 Å². The van der Waals surface area contributed by atoms with E-state index in [1.165, 1.54) is 0 Å². The summed E-state index contributed by atoms with van der Waals surface area (Å²) in [5.74, 6) is -0.975. The minimum atomic E-state index is -0.972. The van der Waals surface area contributed by atoms with Gasteiger partial charge in [-0.05, 0) is 29.8 Å². The Bertz CT molecular complexity index is 915. The molecule has 0 spiro atoms. The van der Waals surface area contributed by atoms with Crippen molar-refractivity contribution < 1.29 is 14.7 Å². The number of aromatic carboxylic acids is 1. The van der Waals surface area contributed by atoms with Crippen molar-refractivity contribution in [2.75, 3.05) is 0 Å². The summed E-state index contributed by atoms with van der Waals surface area (Å²) >= 11 is 0. The van der Waals surface area contributed by atoms with Crippen molar-refractivity contribution in [3.8, 4) is 11.3 Å². The molecule has 0 fully saturated rings. The van der Waals surface area contributed by atoms with E-state index in [1.807, 2.05) is 31.2 Å². The Morgan fingerprint density at radius 2 is 2.04 bits per heavy atom. The Labute approximate surface area is 138 Å². The number of hydrogen-bond donors (Lipinski definition) is 3. The van der Waals surface area contributed by atoms with E-state index in [0.717, 1.165) is 22.0 Å². The van der Waals surface area contributed by atoms with E-state index in [0.29, 0.717) is 18.7 Å². The summed E-state index contributed by atoms with van der Waals surface area (Å²) in [6.07, 6.45) is 0.446. The third-order valence-electron chi connectivity index (χ3n) is 3.82. The van der Waals surface area contributed by atoms with E-state index in [-0.39, 0.29) is 11.5 Å². The third-order valence-corrected chi connectivity index (χ3v) is 3.82. The number of fused-ring (bicyclic) bond motifs is 1. The van der Waals surface area contributed by atoms with Gasteiger partial charge in [-0.3, -0.25) is 9.89 Å². The molecule has 3 aromatic rings. The molecule has 0 bridgehead atoms. The van der Waals surface area contributed by atoms with Crippen LogP contribution in [0.15, 0.2) is 42.5 Å². The fourth-order valence-electron chi connectivity index (χ4n) is 2.52. The number of rotatable bonds is 5. The zero-order valence-electron chi connectivity index (χ0n) is 13.2. The predicted molar refractivity (Wildman–Crippen MR) is 90.6 cm³/mol. The van der Waals surface area contributed by atoms with E-state index < -0.39 is 5.97 Å². The van der Waals surface area contributed by atoms with E-state index in [9.17, 15) is 9.59 Å². The lowest BCUT2D eigenvalue weighted by molar-refractivity contribution is -0.120. The van der Waals surface area contributed by atoms with Crippen LogP contribution in [0.4, 0.5) is 0 Å². The van der Waals surface area contributed by atoms with E-state index >= 15 is 0 Å². The van der Waals surface area contributed by atoms with Gasteiger partial charge in [0.25, 0.3) is 0 Å². The van der Waals surface area contributed by atoms with Crippen LogP contribution in [-0.2, 0) is 11.3 Å². The van der Waals surface area contributed by atoms with Gasteiger partial charge in [0.15, 0.2) is 0 Å². The van der Waals surface area contributed by atoms with Crippen molar-refractivity contribution >= 4 is 22.8 Å². The summed E-state index contributed by atoms with van der Waals surface area (Å²) in [4.78, 5) is 22.6. The van der Waals surface area contributed by atoms with Gasteiger partial charge in [-0.25, -0.2) is 4.79 Å². The second-order valence-electron chi connectivity index (χ2n) is 5.47. The van der Waals surface area contributed by atoms with Crippen molar-refractivity contribution in [3.63, 3.8) is 0 Å². The topological polar surface area (TPSA) is 95.1 Å². The number of aromatic amines is 1. The molecule has 0 aliphatic rings. The summed E-state index contributed by atoms with van der Waals surface area (Å²) in [6, 6.07) is 12.5. The number of hydrogen-bond acceptors (Lipinski definition) is 3. The van der Waals surface area contributed by atoms with Crippen molar-refractivity contribution in [1.82, 2.24) is 15.5 Å². The highest BCUT2D eigenvalue weighted by Crippen LogP contribution is 2.27. The zero-order chi connectivity index (χ0) is 17.1. The van der Waals surface area contributed by atoms with Gasteiger partial charge in [0.1, 0.15) is 0 Å². The lowest BCUT2D eigenvalue weighted by atomic mass is 10.0. The first-order valence-electron chi connectivity index (χ1n) is 7.66. The number of nitrogens with one attached hydrogen (secondary N) is 2. The van der Waals surface area contributed by atoms with Crippen molar-refractivity contribution in [3.05, 3.63) is 53.6 Å². The fraction of sp³-hybridized carbons (Fsp3) is 0.167. The smallest absolute Gasteiger partial charge is 0.335 e. The Hall–Kier alpha value is -3.15. The van der Waals surface area contributed by atoms with Gasteiger partial charge >= 0.3 is 5.97 Å². The number of H-pyrrole nitrogens is 1. The molecule has 3 rings (SSSR count). The molecule has 0 atom stereocenters. The van der Waals surface area contributed by atoms with Crippen molar-refractivity contribution in [2.45, 2.75) is 19.9 Å².